The number of hydrogen-bond acceptors (Lipinski definition) is 7. The minimum Gasteiger partial charge on any atom is -0.291 e. The standard InChI is InChI=1S/C24H22ClN7O2S/c1-5-7-17(14(2)25)20-12-18-22(35-20)23(33)31(24(34)30(18)11-6-10-26)19(13-27-4)21-15(3)28-29-32(21)16-8-9-16/h5,7,12-13,16H,1-2,4,6,8-9,11H2,3H3/b17-7+,19-13+. The van der Waals surface area contributed by atoms with Crippen LogP contribution in [0.5, 0.6) is 0 Å². The molecule has 1 fully saturated rings. The van der Waals surface area contributed by atoms with E-state index in [4.69, 9.17) is 11.6 Å². The lowest BCUT2D eigenvalue weighted by Crippen LogP contribution is -2.39. The Morgan fingerprint density at radius 1 is 1.43 bits per heavy atom. The second-order valence-electron chi connectivity index (χ2n) is 7.92. The topological polar surface area (TPSA) is 111 Å². The predicted molar refractivity (Wildman–Crippen MR) is 140 cm³/mol. The van der Waals surface area contributed by atoms with Crippen molar-refractivity contribution < 1.29 is 0 Å². The van der Waals surface area contributed by atoms with E-state index in [-0.39, 0.29) is 29.7 Å². The fraction of sp³-hybridized carbons (Fsp3) is 0.250. The first-order chi connectivity index (χ1) is 16.8. The van der Waals surface area contributed by atoms with Crippen molar-refractivity contribution in [3.63, 3.8) is 0 Å². The number of hydrogen-bond donors (Lipinski definition) is 0. The van der Waals surface area contributed by atoms with Crippen LogP contribution in [-0.2, 0) is 6.54 Å². The second-order valence-corrected chi connectivity index (χ2v) is 9.43. The smallest absolute Gasteiger partial charge is 0.291 e. The number of nitriles is 1. The van der Waals surface area contributed by atoms with E-state index in [9.17, 15) is 14.9 Å². The minimum absolute atomic E-state index is 0.0787. The van der Waals surface area contributed by atoms with E-state index < -0.39 is 11.2 Å². The van der Waals surface area contributed by atoms with E-state index in [0.717, 1.165) is 17.4 Å². The van der Waals surface area contributed by atoms with Crippen molar-refractivity contribution in [1.29, 1.82) is 5.26 Å². The number of aromatic nitrogens is 5. The molecule has 3 heterocycles. The monoisotopic (exact) mass is 507 g/mol. The quantitative estimate of drug-likeness (QED) is 0.317. The van der Waals surface area contributed by atoms with Crippen LogP contribution in [0.3, 0.4) is 0 Å². The van der Waals surface area contributed by atoms with Crippen molar-refractivity contribution in [3.8, 4) is 6.07 Å². The van der Waals surface area contributed by atoms with Gasteiger partial charge in [-0.15, -0.1) is 16.4 Å². The maximum absolute atomic E-state index is 13.8. The Morgan fingerprint density at radius 2 is 2.17 bits per heavy atom. The average molecular weight is 508 g/mol. The Bertz CT molecular complexity index is 1590. The summed E-state index contributed by atoms with van der Waals surface area (Å²) in [5, 5.41) is 17.9. The normalized spacial score (nSPS) is 14.2. The Hall–Kier alpha value is -3.81. The molecule has 35 heavy (non-hydrogen) atoms. The first-order valence-electron chi connectivity index (χ1n) is 10.8. The van der Waals surface area contributed by atoms with E-state index in [1.165, 1.54) is 22.1 Å². The highest BCUT2D eigenvalue weighted by Gasteiger charge is 2.31. The predicted octanol–water partition coefficient (Wildman–Crippen LogP) is 4.24. The van der Waals surface area contributed by atoms with Gasteiger partial charge in [-0.2, -0.15) is 5.26 Å². The Balaban J connectivity index is 2.07. The summed E-state index contributed by atoms with van der Waals surface area (Å²) < 4.78 is 4.53. The summed E-state index contributed by atoms with van der Waals surface area (Å²) in [6, 6.07) is 3.92. The highest BCUT2D eigenvalue weighted by atomic mass is 35.5. The first kappa shape index (κ1) is 24.3. The summed E-state index contributed by atoms with van der Waals surface area (Å²) >= 11 is 7.38. The molecule has 9 nitrogen and oxygen atoms in total. The van der Waals surface area contributed by atoms with Crippen LogP contribution in [0, 0.1) is 18.3 Å². The van der Waals surface area contributed by atoms with Crippen LogP contribution in [0.15, 0.2) is 57.2 Å². The van der Waals surface area contributed by atoms with Gasteiger partial charge in [0.25, 0.3) is 5.56 Å². The molecular formula is C24H22ClN7O2S. The highest BCUT2D eigenvalue weighted by molar-refractivity contribution is 7.20. The van der Waals surface area contributed by atoms with Gasteiger partial charge in [-0.1, -0.05) is 42.1 Å². The van der Waals surface area contributed by atoms with Crippen LogP contribution in [0.4, 0.5) is 0 Å². The SMILES string of the molecule is C=C/C=C(\C(=C)Cl)c1cc2c(s1)c(=O)n(/C(=C/N=C)c1c(C)nnn1C1CC1)c(=O)n2CCC#N. The van der Waals surface area contributed by atoms with Gasteiger partial charge in [0.15, 0.2) is 0 Å². The number of thiophene rings is 1. The summed E-state index contributed by atoms with van der Waals surface area (Å²) in [4.78, 5) is 32.1. The van der Waals surface area contributed by atoms with E-state index in [1.807, 2.05) is 0 Å². The molecule has 0 spiro atoms. The molecule has 3 aromatic rings. The minimum atomic E-state index is -0.598. The maximum Gasteiger partial charge on any atom is 0.336 e. The zero-order valence-electron chi connectivity index (χ0n) is 19.1. The number of halogens is 1. The lowest BCUT2D eigenvalue weighted by molar-refractivity contribution is 0.598. The van der Waals surface area contributed by atoms with Crippen molar-refractivity contribution in [2.75, 3.05) is 0 Å². The van der Waals surface area contributed by atoms with Crippen LogP contribution in [0.1, 0.15) is 41.6 Å². The van der Waals surface area contributed by atoms with Gasteiger partial charge in [0.2, 0.25) is 0 Å². The third kappa shape index (κ3) is 4.36. The van der Waals surface area contributed by atoms with Crippen molar-refractivity contribution in [2.45, 2.75) is 38.8 Å². The van der Waals surface area contributed by atoms with Crippen LogP contribution < -0.4 is 11.2 Å². The largest absolute Gasteiger partial charge is 0.336 e. The van der Waals surface area contributed by atoms with Gasteiger partial charge >= 0.3 is 5.69 Å². The van der Waals surface area contributed by atoms with Crippen molar-refractivity contribution in [1.82, 2.24) is 24.1 Å². The van der Waals surface area contributed by atoms with Crippen molar-refractivity contribution in [3.05, 3.63) is 79.7 Å². The molecule has 0 atom stereocenters. The molecule has 1 saturated carbocycles. The Kier molecular flexibility index (Phi) is 6.82. The molecule has 0 bridgehead atoms. The Labute approximate surface area is 209 Å². The molecule has 1 aliphatic carbocycles. The molecule has 0 unspecified atom stereocenters. The van der Waals surface area contributed by atoms with Gasteiger partial charge in [0.1, 0.15) is 10.4 Å². The molecule has 0 N–H and O–H groups in total. The van der Waals surface area contributed by atoms with Crippen LogP contribution in [0.2, 0.25) is 0 Å². The number of nitrogens with zero attached hydrogens (tertiary/aromatic N) is 7. The maximum atomic E-state index is 13.8. The molecule has 0 aromatic carbocycles. The van der Waals surface area contributed by atoms with Crippen LogP contribution in [-0.4, -0.2) is 30.8 Å². The van der Waals surface area contributed by atoms with Crippen LogP contribution >= 0.6 is 22.9 Å². The molecule has 11 heteroatoms. The third-order valence-electron chi connectivity index (χ3n) is 5.56. The second kappa shape index (κ2) is 9.82. The average Bonchev–Trinajstić information content (AvgIpc) is 3.46. The number of fused-ring (bicyclic) bond motifs is 1. The van der Waals surface area contributed by atoms with Gasteiger partial charge in [-0.25, -0.2) is 14.0 Å². The lowest BCUT2D eigenvalue weighted by Gasteiger charge is -2.14. The van der Waals surface area contributed by atoms with Gasteiger partial charge in [0.05, 0.1) is 41.6 Å². The van der Waals surface area contributed by atoms with Crippen molar-refractivity contribution in [2.24, 2.45) is 4.99 Å². The number of aryl methyl sites for hydroxylation is 2. The van der Waals surface area contributed by atoms with Crippen molar-refractivity contribution >= 4 is 51.1 Å². The molecule has 1 aliphatic rings. The van der Waals surface area contributed by atoms with Gasteiger partial charge in [-0.3, -0.25) is 14.4 Å². The first-order valence-corrected chi connectivity index (χ1v) is 12.0. The summed E-state index contributed by atoms with van der Waals surface area (Å²) in [6.45, 7) is 12.9. The Morgan fingerprint density at radius 3 is 2.77 bits per heavy atom. The lowest BCUT2D eigenvalue weighted by atomic mass is 10.2. The van der Waals surface area contributed by atoms with Crippen LogP contribution in [0.25, 0.3) is 21.5 Å². The molecule has 0 amide bonds. The van der Waals surface area contributed by atoms with E-state index in [1.54, 1.807) is 29.8 Å². The van der Waals surface area contributed by atoms with Gasteiger partial charge < -0.3 is 0 Å². The molecule has 0 radical (unpaired) electrons. The zero-order chi connectivity index (χ0) is 25.3. The molecule has 178 valence electrons. The summed E-state index contributed by atoms with van der Waals surface area (Å²) in [5.74, 6) is 0. The van der Waals surface area contributed by atoms with E-state index >= 15 is 0 Å². The molecule has 4 rings (SSSR count). The summed E-state index contributed by atoms with van der Waals surface area (Å²) in [7, 11) is 0. The number of allylic oxidation sites excluding steroid dienone is 4. The van der Waals surface area contributed by atoms with E-state index in [2.05, 4.69) is 41.2 Å². The summed E-state index contributed by atoms with van der Waals surface area (Å²) in [5.41, 5.74) is 1.20. The molecule has 0 aliphatic heterocycles. The fourth-order valence-electron chi connectivity index (χ4n) is 3.86. The summed E-state index contributed by atoms with van der Waals surface area (Å²) in [6.07, 6.45) is 6.56. The number of rotatable bonds is 9. The van der Waals surface area contributed by atoms with E-state index in [0.29, 0.717) is 32.1 Å². The molecule has 0 saturated heterocycles. The highest BCUT2D eigenvalue weighted by Crippen LogP contribution is 2.37. The molecular weight excluding hydrogens is 486 g/mol. The molecule has 3 aromatic heterocycles. The third-order valence-corrected chi connectivity index (χ3v) is 6.91. The number of aliphatic imine (C=N–C) groups is 1. The fourth-order valence-corrected chi connectivity index (χ4v) is 5.22. The zero-order valence-corrected chi connectivity index (χ0v) is 20.6. The van der Waals surface area contributed by atoms with Gasteiger partial charge in [0, 0.05) is 22.0 Å². The van der Waals surface area contributed by atoms with Gasteiger partial charge in [-0.05, 0) is 32.5 Å².